The van der Waals surface area contributed by atoms with Crippen molar-refractivity contribution in [2.45, 2.75) is 0 Å². The molecule has 158 valence electrons. The maximum Gasteiger partial charge on any atom is 0.341 e. The summed E-state index contributed by atoms with van der Waals surface area (Å²) in [5.74, 6) is 0.0609. The number of hydrogen-bond acceptors (Lipinski definition) is 9. The summed E-state index contributed by atoms with van der Waals surface area (Å²) in [6.45, 7) is 0. The molecule has 0 spiro atoms. The van der Waals surface area contributed by atoms with Gasteiger partial charge >= 0.3 is 5.97 Å². The molecule has 0 aliphatic carbocycles. The van der Waals surface area contributed by atoms with Crippen LogP contribution in [0.4, 0.5) is 23.1 Å². The number of nitrogens with zero attached hydrogens (tertiary/aromatic N) is 7. The average Bonchev–Trinajstić information content (AvgIpc) is 3.35. The minimum Gasteiger partial charge on any atom is -0.494 e. The quantitative estimate of drug-likeness (QED) is 0.406. The standard InChI is InChI=1S/C19H19N9O3/c1-27-9-11(7-22-27)23-19-20-8-13(18(29)30)17(25-19)24-14-6-4-5-12(15(14)31-3)16-21-10-28(2)26-16/h4-10H,1-3H3,(H,29,30)(H2,20,23,24,25). The third-order valence-corrected chi connectivity index (χ3v) is 4.29. The largest absolute Gasteiger partial charge is 0.494 e. The van der Waals surface area contributed by atoms with E-state index in [4.69, 9.17) is 4.74 Å². The van der Waals surface area contributed by atoms with Gasteiger partial charge in [0.1, 0.15) is 11.9 Å². The molecular formula is C19H19N9O3. The van der Waals surface area contributed by atoms with Gasteiger partial charge in [0.25, 0.3) is 0 Å². The Morgan fingerprint density at radius 2 is 1.97 bits per heavy atom. The van der Waals surface area contributed by atoms with E-state index in [-0.39, 0.29) is 17.3 Å². The molecule has 31 heavy (non-hydrogen) atoms. The lowest BCUT2D eigenvalue weighted by Crippen LogP contribution is -2.09. The number of aromatic nitrogens is 7. The number of aromatic carboxylic acids is 1. The molecule has 3 N–H and O–H groups in total. The van der Waals surface area contributed by atoms with E-state index in [1.54, 1.807) is 54.3 Å². The number of hydrogen-bond donors (Lipinski definition) is 3. The van der Waals surface area contributed by atoms with E-state index in [9.17, 15) is 9.90 Å². The molecule has 4 rings (SSSR count). The number of para-hydroxylation sites is 1. The Labute approximate surface area is 176 Å². The van der Waals surface area contributed by atoms with E-state index in [1.807, 2.05) is 6.07 Å². The van der Waals surface area contributed by atoms with Crippen LogP contribution in [-0.4, -0.2) is 52.7 Å². The van der Waals surface area contributed by atoms with Crippen molar-refractivity contribution in [2.75, 3.05) is 17.7 Å². The predicted octanol–water partition coefficient (Wildman–Crippen LogP) is 2.20. The minimum absolute atomic E-state index is 0.0957. The van der Waals surface area contributed by atoms with Gasteiger partial charge in [-0.3, -0.25) is 9.36 Å². The van der Waals surface area contributed by atoms with Crippen LogP contribution in [0.3, 0.4) is 0 Å². The van der Waals surface area contributed by atoms with Crippen LogP contribution in [0.15, 0.2) is 43.1 Å². The molecule has 0 amide bonds. The number of benzene rings is 1. The molecule has 0 saturated heterocycles. The van der Waals surface area contributed by atoms with Crippen LogP contribution in [-0.2, 0) is 14.1 Å². The number of aryl methyl sites for hydroxylation is 2. The fourth-order valence-electron chi connectivity index (χ4n) is 2.93. The fourth-order valence-corrected chi connectivity index (χ4v) is 2.93. The zero-order chi connectivity index (χ0) is 22.0. The van der Waals surface area contributed by atoms with Crippen molar-refractivity contribution in [3.63, 3.8) is 0 Å². The molecule has 12 heteroatoms. The number of rotatable bonds is 7. The van der Waals surface area contributed by atoms with Crippen molar-refractivity contribution in [1.82, 2.24) is 34.5 Å². The number of ether oxygens (including phenoxy) is 1. The first-order valence-electron chi connectivity index (χ1n) is 9.10. The normalized spacial score (nSPS) is 10.7. The molecule has 4 aromatic rings. The predicted molar refractivity (Wildman–Crippen MR) is 112 cm³/mol. The Morgan fingerprint density at radius 1 is 1.13 bits per heavy atom. The van der Waals surface area contributed by atoms with E-state index in [1.165, 1.54) is 13.3 Å². The first-order valence-corrected chi connectivity index (χ1v) is 9.10. The van der Waals surface area contributed by atoms with E-state index in [0.717, 1.165) is 0 Å². The minimum atomic E-state index is -1.17. The van der Waals surface area contributed by atoms with E-state index in [2.05, 4.69) is 35.8 Å². The van der Waals surface area contributed by atoms with Crippen LogP contribution in [0.25, 0.3) is 11.4 Å². The van der Waals surface area contributed by atoms with Crippen molar-refractivity contribution in [3.8, 4) is 17.1 Å². The summed E-state index contributed by atoms with van der Waals surface area (Å²) in [6, 6.07) is 5.34. The Balaban J connectivity index is 1.72. The zero-order valence-corrected chi connectivity index (χ0v) is 16.9. The molecule has 3 heterocycles. The Hall–Kier alpha value is -4.48. The highest BCUT2D eigenvalue weighted by molar-refractivity contribution is 5.94. The molecule has 0 saturated carbocycles. The van der Waals surface area contributed by atoms with E-state index in [0.29, 0.717) is 28.5 Å². The highest BCUT2D eigenvalue weighted by Gasteiger charge is 2.19. The van der Waals surface area contributed by atoms with Crippen molar-refractivity contribution in [3.05, 3.63) is 48.7 Å². The topological polar surface area (TPSA) is 145 Å². The molecule has 12 nitrogen and oxygen atoms in total. The third-order valence-electron chi connectivity index (χ3n) is 4.29. The van der Waals surface area contributed by atoms with Crippen molar-refractivity contribution >= 4 is 29.1 Å². The number of nitrogens with one attached hydrogen (secondary N) is 2. The van der Waals surface area contributed by atoms with Gasteiger partial charge in [-0.25, -0.2) is 14.8 Å². The number of anilines is 4. The first-order chi connectivity index (χ1) is 14.9. The van der Waals surface area contributed by atoms with E-state index < -0.39 is 5.97 Å². The van der Waals surface area contributed by atoms with Gasteiger partial charge in [0, 0.05) is 26.5 Å². The highest BCUT2D eigenvalue weighted by Crippen LogP contribution is 2.36. The molecule has 0 bridgehead atoms. The van der Waals surface area contributed by atoms with Crippen LogP contribution in [0.5, 0.6) is 5.75 Å². The SMILES string of the molecule is COc1c(Nc2nc(Nc3cnn(C)c3)ncc2C(=O)O)cccc1-c1ncn(C)n1. The Kier molecular flexibility index (Phi) is 5.18. The Morgan fingerprint density at radius 3 is 2.61 bits per heavy atom. The summed E-state index contributed by atoms with van der Waals surface area (Å²) in [6.07, 6.45) is 6.16. The molecule has 0 aliphatic heterocycles. The number of carboxylic acid groups (broad SMARTS) is 1. The van der Waals surface area contributed by atoms with Crippen molar-refractivity contribution < 1.29 is 14.6 Å². The van der Waals surface area contributed by atoms with Gasteiger partial charge in [-0.05, 0) is 12.1 Å². The van der Waals surface area contributed by atoms with Crippen LogP contribution in [0.1, 0.15) is 10.4 Å². The summed E-state index contributed by atoms with van der Waals surface area (Å²) >= 11 is 0. The molecule has 0 atom stereocenters. The lowest BCUT2D eigenvalue weighted by molar-refractivity contribution is 0.0697. The Bertz CT molecular complexity index is 1250. The van der Waals surface area contributed by atoms with Gasteiger partial charge in [0.15, 0.2) is 17.4 Å². The first kappa shape index (κ1) is 19.8. The fraction of sp³-hybridized carbons (Fsp3) is 0.158. The monoisotopic (exact) mass is 421 g/mol. The second-order valence-corrected chi connectivity index (χ2v) is 6.54. The van der Waals surface area contributed by atoms with Crippen LogP contribution >= 0.6 is 0 Å². The van der Waals surface area contributed by atoms with Gasteiger partial charge in [0.2, 0.25) is 5.95 Å². The maximum absolute atomic E-state index is 11.7. The van der Waals surface area contributed by atoms with Crippen LogP contribution in [0.2, 0.25) is 0 Å². The van der Waals surface area contributed by atoms with Crippen molar-refractivity contribution in [2.24, 2.45) is 14.1 Å². The molecule has 0 aliphatic rings. The zero-order valence-electron chi connectivity index (χ0n) is 16.9. The van der Waals surface area contributed by atoms with Gasteiger partial charge in [-0.2, -0.15) is 15.2 Å². The second-order valence-electron chi connectivity index (χ2n) is 6.54. The highest BCUT2D eigenvalue weighted by atomic mass is 16.5. The average molecular weight is 421 g/mol. The number of methoxy groups -OCH3 is 1. The van der Waals surface area contributed by atoms with Gasteiger partial charge < -0.3 is 20.5 Å². The van der Waals surface area contributed by atoms with E-state index >= 15 is 0 Å². The molecule has 0 fully saturated rings. The molecule has 1 aromatic carbocycles. The van der Waals surface area contributed by atoms with Gasteiger partial charge in [-0.1, -0.05) is 6.07 Å². The van der Waals surface area contributed by atoms with Crippen LogP contribution < -0.4 is 15.4 Å². The van der Waals surface area contributed by atoms with Crippen LogP contribution in [0, 0.1) is 0 Å². The summed E-state index contributed by atoms with van der Waals surface area (Å²) in [5, 5.41) is 24.0. The lowest BCUT2D eigenvalue weighted by Gasteiger charge is -2.15. The number of carboxylic acids is 1. The smallest absolute Gasteiger partial charge is 0.341 e. The summed E-state index contributed by atoms with van der Waals surface area (Å²) in [5.41, 5.74) is 1.71. The third kappa shape index (κ3) is 4.12. The summed E-state index contributed by atoms with van der Waals surface area (Å²) in [7, 11) is 5.06. The number of carbonyl (C=O) groups is 1. The maximum atomic E-state index is 11.7. The molecular weight excluding hydrogens is 402 g/mol. The molecule has 0 radical (unpaired) electrons. The van der Waals surface area contributed by atoms with Gasteiger partial charge in [-0.15, -0.1) is 0 Å². The summed E-state index contributed by atoms with van der Waals surface area (Å²) < 4.78 is 8.77. The van der Waals surface area contributed by atoms with Gasteiger partial charge in [0.05, 0.1) is 30.2 Å². The second kappa shape index (κ2) is 8.10. The van der Waals surface area contributed by atoms with Crippen molar-refractivity contribution in [1.29, 1.82) is 0 Å². The molecule has 3 aromatic heterocycles. The lowest BCUT2D eigenvalue weighted by atomic mass is 10.1. The molecule has 0 unspecified atom stereocenters. The summed E-state index contributed by atoms with van der Waals surface area (Å²) in [4.78, 5) is 24.4.